The molecule has 0 saturated heterocycles. The maximum atomic E-state index is 4.91. The van der Waals surface area contributed by atoms with Crippen molar-refractivity contribution in [3.05, 3.63) is 60.7 Å². The molecule has 4 nitrogen and oxygen atoms in total. The predicted molar refractivity (Wildman–Crippen MR) is 68.9 cm³/mol. The first-order valence-corrected chi connectivity index (χ1v) is 5.58. The third-order valence-electron chi connectivity index (χ3n) is 1.90. The van der Waals surface area contributed by atoms with E-state index in [0.717, 1.165) is 0 Å². The Labute approximate surface area is 110 Å². The molecule has 0 radical (unpaired) electrons. The van der Waals surface area contributed by atoms with Crippen molar-refractivity contribution in [1.29, 1.82) is 0 Å². The van der Waals surface area contributed by atoms with Gasteiger partial charge in [-0.1, -0.05) is 36.4 Å². The average Bonchev–Trinajstić information content (AvgIpc) is 2.45. The second-order valence-electron chi connectivity index (χ2n) is 3.21. The predicted octanol–water partition coefficient (Wildman–Crippen LogP) is 3.29. The van der Waals surface area contributed by atoms with E-state index in [1.807, 2.05) is 36.4 Å². The molecule has 2 aromatic carbocycles. The fourth-order valence-electron chi connectivity index (χ4n) is 1.13. The zero-order chi connectivity index (χ0) is 12.6. The van der Waals surface area contributed by atoms with Crippen molar-refractivity contribution in [2.45, 2.75) is 0 Å². The van der Waals surface area contributed by atoms with E-state index >= 15 is 0 Å². The van der Waals surface area contributed by atoms with E-state index in [-0.39, 0.29) is 5.24 Å². The molecule has 0 atom stereocenters. The van der Waals surface area contributed by atoms with Crippen molar-refractivity contribution in [2.75, 3.05) is 0 Å². The maximum absolute atomic E-state index is 4.91. The van der Waals surface area contributed by atoms with Gasteiger partial charge < -0.3 is 0 Å². The van der Waals surface area contributed by atoms with E-state index in [1.54, 1.807) is 24.3 Å². The Bertz CT molecular complexity index is 441. The highest BCUT2D eigenvalue weighted by Crippen LogP contribution is 2.11. The molecule has 0 unspecified atom stereocenters. The van der Waals surface area contributed by atoms with Crippen LogP contribution in [0.1, 0.15) is 0 Å². The van der Waals surface area contributed by atoms with Gasteiger partial charge in [-0.05, 0) is 24.3 Å². The fourth-order valence-corrected chi connectivity index (χ4v) is 1.20. The molecular formula is C13H10O4S. The zero-order valence-corrected chi connectivity index (χ0v) is 10.1. The molecule has 0 amide bonds. The smallest absolute Gasteiger partial charge is 0.286 e. The van der Waals surface area contributed by atoms with Crippen molar-refractivity contribution in [1.82, 2.24) is 0 Å². The first-order valence-electron chi connectivity index (χ1n) is 5.18. The minimum atomic E-state index is -0.261. The minimum Gasteiger partial charge on any atom is -0.286 e. The van der Waals surface area contributed by atoms with Crippen LogP contribution in [0.4, 0.5) is 0 Å². The van der Waals surface area contributed by atoms with Gasteiger partial charge >= 0.3 is 5.24 Å². The van der Waals surface area contributed by atoms with E-state index in [9.17, 15) is 0 Å². The summed E-state index contributed by atoms with van der Waals surface area (Å²) in [5.41, 5.74) is 0. The van der Waals surface area contributed by atoms with Crippen LogP contribution in [0.5, 0.6) is 11.5 Å². The van der Waals surface area contributed by atoms with E-state index in [1.165, 1.54) is 0 Å². The summed E-state index contributed by atoms with van der Waals surface area (Å²) >= 11 is 4.76. The summed E-state index contributed by atoms with van der Waals surface area (Å²) in [5, 5.41) is -0.261. The molecule has 0 aliphatic heterocycles. The van der Waals surface area contributed by atoms with Gasteiger partial charge in [-0.3, -0.25) is 9.78 Å². The van der Waals surface area contributed by atoms with Crippen LogP contribution in [0.25, 0.3) is 0 Å². The highest BCUT2D eigenvalue weighted by atomic mass is 32.1. The maximum Gasteiger partial charge on any atom is 0.444 e. The molecule has 0 heterocycles. The van der Waals surface area contributed by atoms with Crippen LogP contribution in [-0.2, 0) is 9.78 Å². The molecule has 0 aliphatic carbocycles. The third-order valence-corrected chi connectivity index (χ3v) is 2.03. The molecule has 2 aromatic rings. The Hall–Kier alpha value is -2.27. The number of hydrogen-bond acceptors (Lipinski definition) is 5. The lowest BCUT2D eigenvalue weighted by Crippen LogP contribution is -2.12. The minimum absolute atomic E-state index is 0.261. The number of benzene rings is 2. The number of rotatable bonds is 4. The fraction of sp³-hybridized carbons (Fsp3) is 0. The molecule has 0 aromatic heterocycles. The van der Waals surface area contributed by atoms with Crippen LogP contribution in [0.3, 0.4) is 0 Å². The molecule has 5 heteroatoms. The Morgan fingerprint density at radius 1 is 0.667 bits per heavy atom. The van der Waals surface area contributed by atoms with Gasteiger partial charge in [-0.25, -0.2) is 9.78 Å². The Kier molecular flexibility index (Phi) is 4.38. The summed E-state index contributed by atoms with van der Waals surface area (Å²) in [5.74, 6) is 1.03. The van der Waals surface area contributed by atoms with Crippen molar-refractivity contribution >= 4 is 17.5 Å². The van der Waals surface area contributed by atoms with Crippen molar-refractivity contribution < 1.29 is 19.6 Å². The average molecular weight is 262 g/mol. The normalized spacial score (nSPS) is 9.33. The molecular weight excluding hydrogens is 252 g/mol. The quantitative estimate of drug-likeness (QED) is 0.480. The number of para-hydroxylation sites is 2. The van der Waals surface area contributed by atoms with Crippen LogP contribution in [-0.4, -0.2) is 5.24 Å². The van der Waals surface area contributed by atoms with Gasteiger partial charge in [0.1, 0.15) is 0 Å². The molecule has 18 heavy (non-hydrogen) atoms. The second kappa shape index (κ2) is 6.46. The van der Waals surface area contributed by atoms with Gasteiger partial charge in [-0.15, -0.1) is 0 Å². The standard InChI is InChI=1S/C13H10O4S/c18-13(16-14-11-7-3-1-4-8-11)17-15-12-9-5-2-6-10-12/h1-10H. The van der Waals surface area contributed by atoms with Crippen LogP contribution in [0.15, 0.2) is 60.7 Å². The van der Waals surface area contributed by atoms with Crippen LogP contribution >= 0.6 is 12.2 Å². The van der Waals surface area contributed by atoms with Crippen molar-refractivity contribution in [3.8, 4) is 11.5 Å². The van der Waals surface area contributed by atoms with Crippen molar-refractivity contribution in [3.63, 3.8) is 0 Å². The van der Waals surface area contributed by atoms with E-state index in [4.69, 9.17) is 31.8 Å². The SMILES string of the molecule is S=C(OOc1ccccc1)OOc1ccccc1. The molecule has 0 aliphatic rings. The molecule has 2 rings (SSSR count). The van der Waals surface area contributed by atoms with Crippen molar-refractivity contribution in [2.24, 2.45) is 0 Å². The highest BCUT2D eigenvalue weighted by molar-refractivity contribution is 7.79. The highest BCUT2D eigenvalue weighted by Gasteiger charge is 2.04. The Balaban J connectivity index is 1.73. The van der Waals surface area contributed by atoms with Gasteiger partial charge in [0.25, 0.3) is 0 Å². The van der Waals surface area contributed by atoms with Gasteiger partial charge in [0.15, 0.2) is 11.5 Å². The van der Waals surface area contributed by atoms with E-state index < -0.39 is 0 Å². The van der Waals surface area contributed by atoms with E-state index in [2.05, 4.69) is 0 Å². The van der Waals surface area contributed by atoms with Crippen LogP contribution < -0.4 is 9.78 Å². The summed E-state index contributed by atoms with van der Waals surface area (Å²) in [6.07, 6.45) is 0. The Morgan fingerprint density at radius 3 is 1.44 bits per heavy atom. The summed E-state index contributed by atoms with van der Waals surface area (Å²) in [4.78, 5) is 19.3. The topological polar surface area (TPSA) is 36.9 Å². The van der Waals surface area contributed by atoms with Crippen LogP contribution in [0.2, 0.25) is 0 Å². The van der Waals surface area contributed by atoms with E-state index in [0.29, 0.717) is 11.5 Å². The lowest BCUT2D eigenvalue weighted by Gasteiger charge is -2.06. The molecule has 0 bridgehead atoms. The molecule has 0 N–H and O–H groups in total. The summed E-state index contributed by atoms with van der Waals surface area (Å²) in [6, 6.07) is 17.8. The monoisotopic (exact) mass is 262 g/mol. The largest absolute Gasteiger partial charge is 0.444 e. The molecule has 0 fully saturated rings. The van der Waals surface area contributed by atoms with Gasteiger partial charge in [0.2, 0.25) is 0 Å². The number of hydrogen-bond donors (Lipinski definition) is 0. The zero-order valence-electron chi connectivity index (χ0n) is 9.31. The number of thiocarbonyl (C=S) groups is 1. The molecule has 0 spiro atoms. The van der Waals surface area contributed by atoms with Gasteiger partial charge in [-0.2, -0.15) is 0 Å². The Morgan fingerprint density at radius 2 is 1.06 bits per heavy atom. The lowest BCUT2D eigenvalue weighted by molar-refractivity contribution is -0.203. The lowest BCUT2D eigenvalue weighted by atomic mass is 10.3. The summed E-state index contributed by atoms with van der Waals surface area (Å²) in [7, 11) is 0. The molecule has 92 valence electrons. The van der Waals surface area contributed by atoms with Crippen LogP contribution in [0, 0.1) is 0 Å². The third kappa shape index (κ3) is 3.95. The summed E-state index contributed by atoms with van der Waals surface area (Å²) in [6.45, 7) is 0. The first-order chi connectivity index (χ1) is 8.84. The van der Waals surface area contributed by atoms with Gasteiger partial charge in [0.05, 0.1) is 0 Å². The summed E-state index contributed by atoms with van der Waals surface area (Å²) < 4.78 is 0. The molecule has 0 saturated carbocycles. The van der Waals surface area contributed by atoms with Gasteiger partial charge in [0, 0.05) is 12.2 Å². The first kappa shape index (κ1) is 12.2. The second-order valence-corrected chi connectivity index (χ2v) is 3.54.